The van der Waals surface area contributed by atoms with Crippen LogP contribution in [0.5, 0.6) is 0 Å². The molecule has 0 aliphatic carbocycles. The Morgan fingerprint density at radius 2 is 2.00 bits per heavy atom. The lowest BCUT2D eigenvalue weighted by atomic mass is 9.97. The van der Waals surface area contributed by atoms with E-state index in [0.29, 0.717) is 0 Å². The smallest absolute Gasteiger partial charge is 0.308 e. The molecular weight excluding hydrogens is 296 g/mol. The molecule has 1 fully saturated rings. The van der Waals surface area contributed by atoms with E-state index >= 15 is 0 Å². The van der Waals surface area contributed by atoms with Gasteiger partial charge in [-0.1, -0.05) is 0 Å². The lowest BCUT2D eigenvalue weighted by Gasteiger charge is -2.33. The maximum absolute atomic E-state index is 11.6. The summed E-state index contributed by atoms with van der Waals surface area (Å²) in [4.78, 5) is 20.8. The Morgan fingerprint density at radius 1 is 1.30 bits per heavy atom. The van der Waals surface area contributed by atoms with Crippen molar-refractivity contribution in [1.29, 1.82) is 0 Å². The van der Waals surface area contributed by atoms with Gasteiger partial charge in [0.25, 0.3) is 0 Å². The van der Waals surface area contributed by atoms with Crippen LogP contribution in [0.4, 0.5) is 0 Å². The second-order valence-electron chi connectivity index (χ2n) is 5.82. The summed E-state index contributed by atoms with van der Waals surface area (Å²) in [5.74, 6) is 0.876. The van der Waals surface area contributed by atoms with Crippen LogP contribution in [0, 0.1) is 5.92 Å². The van der Waals surface area contributed by atoms with Crippen LogP contribution in [0.2, 0.25) is 0 Å². The highest BCUT2D eigenvalue weighted by Crippen LogP contribution is 2.18. The lowest BCUT2D eigenvalue weighted by Crippen LogP contribution is -2.47. The van der Waals surface area contributed by atoms with E-state index in [1.54, 1.807) is 7.11 Å². The molecule has 1 N–H and O–H groups in total. The summed E-state index contributed by atoms with van der Waals surface area (Å²) in [7, 11) is 5.25. The van der Waals surface area contributed by atoms with Crippen molar-refractivity contribution in [3.8, 4) is 0 Å². The molecule has 134 valence electrons. The number of methoxy groups -OCH3 is 2. The standard InChI is InChI=1S/C16H32N4O3/c1-5-17-16(18-8-11-19(2)12-13-22-3)20-9-6-14(7-10-20)15(21)23-4/h14H,5-13H2,1-4H3,(H,17,18). The quantitative estimate of drug-likeness (QED) is 0.396. The SMILES string of the molecule is CCNC(=NCCN(C)CCOC)N1CCC(C(=O)OC)CC1. The number of likely N-dealkylation sites (N-methyl/N-ethyl adjacent to an activating group) is 1. The van der Waals surface area contributed by atoms with E-state index in [1.807, 2.05) is 0 Å². The highest BCUT2D eigenvalue weighted by molar-refractivity contribution is 5.80. The molecule has 0 aromatic rings. The van der Waals surface area contributed by atoms with Gasteiger partial charge in [-0.2, -0.15) is 0 Å². The first-order chi connectivity index (χ1) is 11.1. The monoisotopic (exact) mass is 328 g/mol. The van der Waals surface area contributed by atoms with Gasteiger partial charge in [-0.3, -0.25) is 9.79 Å². The zero-order chi connectivity index (χ0) is 17.1. The van der Waals surface area contributed by atoms with Gasteiger partial charge in [0.1, 0.15) is 0 Å². The van der Waals surface area contributed by atoms with Gasteiger partial charge in [-0.25, -0.2) is 0 Å². The Morgan fingerprint density at radius 3 is 2.57 bits per heavy atom. The number of carbonyl (C=O) groups excluding carboxylic acids is 1. The second kappa shape index (κ2) is 11.2. The van der Waals surface area contributed by atoms with E-state index in [1.165, 1.54) is 7.11 Å². The zero-order valence-electron chi connectivity index (χ0n) is 15.0. The van der Waals surface area contributed by atoms with E-state index < -0.39 is 0 Å². The van der Waals surface area contributed by atoms with Crippen molar-refractivity contribution in [2.24, 2.45) is 10.9 Å². The first-order valence-electron chi connectivity index (χ1n) is 8.40. The number of guanidine groups is 1. The summed E-state index contributed by atoms with van der Waals surface area (Å²) in [6.07, 6.45) is 1.65. The average Bonchev–Trinajstić information content (AvgIpc) is 2.58. The Kier molecular flexibility index (Phi) is 9.63. The molecule has 1 saturated heterocycles. The van der Waals surface area contributed by atoms with Gasteiger partial charge in [0, 0.05) is 39.8 Å². The van der Waals surface area contributed by atoms with Crippen LogP contribution >= 0.6 is 0 Å². The third-order valence-corrected chi connectivity index (χ3v) is 4.08. The molecule has 7 heteroatoms. The highest BCUT2D eigenvalue weighted by Gasteiger charge is 2.26. The molecule has 0 bridgehead atoms. The van der Waals surface area contributed by atoms with E-state index in [-0.39, 0.29) is 11.9 Å². The molecule has 7 nitrogen and oxygen atoms in total. The number of hydrogen-bond donors (Lipinski definition) is 1. The lowest BCUT2D eigenvalue weighted by molar-refractivity contribution is -0.146. The number of likely N-dealkylation sites (tertiary alicyclic amines) is 1. The largest absolute Gasteiger partial charge is 0.469 e. The molecule has 0 aromatic heterocycles. The molecule has 0 unspecified atom stereocenters. The third kappa shape index (κ3) is 7.18. The Labute approximate surface area is 140 Å². The zero-order valence-corrected chi connectivity index (χ0v) is 15.0. The Hall–Kier alpha value is -1.34. The van der Waals surface area contributed by atoms with E-state index in [4.69, 9.17) is 14.5 Å². The topological polar surface area (TPSA) is 66.4 Å². The number of piperidine rings is 1. The molecule has 1 rings (SSSR count). The Balaban J connectivity index is 2.45. The summed E-state index contributed by atoms with van der Waals surface area (Å²) in [5, 5.41) is 3.34. The molecule has 0 radical (unpaired) electrons. The van der Waals surface area contributed by atoms with Gasteiger partial charge >= 0.3 is 5.97 Å². The van der Waals surface area contributed by atoms with Gasteiger partial charge in [0.05, 0.1) is 26.2 Å². The number of ether oxygens (including phenoxy) is 2. The van der Waals surface area contributed by atoms with Gasteiger partial charge in [-0.05, 0) is 26.8 Å². The van der Waals surface area contributed by atoms with Crippen molar-refractivity contribution in [3.05, 3.63) is 0 Å². The molecule has 23 heavy (non-hydrogen) atoms. The van der Waals surface area contributed by atoms with Crippen LogP contribution in [-0.2, 0) is 14.3 Å². The van der Waals surface area contributed by atoms with Gasteiger partial charge in [0.15, 0.2) is 5.96 Å². The molecule has 1 aliphatic rings. The molecule has 0 aromatic carbocycles. The van der Waals surface area contributed by atoms with Crippen molar-refractivity contribution < 1.29 is 14.3 Å². The molecule has 0 saturated carbocycles. The summed E-state index contributed by atoms with van der Waals surface area (Å²) < 4.78 is 9.91. The maximum Gasteiger partial charge on any atom is 0.308 e. The highest BCUT2D eigenvalue weighted by atomic mass is 16.5. The van der Waals surface area contributed by atoms with Crippen LogP contribution in [0.3, 0.4) is 0 Å². The average molecular weight is 328 g/mol. The predicted molar refractivity (Wildman–Crippen MR) is 91.7 cm³/mol. The summed E-state index contributed by atoms with van der Waals surface area (Å²) >= 11 is 0. The number of nitrogens with zero attached hydrogens (tertiary/aromatic N) is 3. The van der Waals surface area contributed by atoms with Crippen LogP contribution in [-0.4, -0.2) is 88.9 Å². The van der Waals surface area contributed by atoms with Crippen LogP contribution < -0.4 is 5.32 Å². The molecule has 1 heterocycles. The van der Waals surface area contributed by atoms with Crippen molar-refractivity contribution in [2.75, 3.05) is 67.1 Å². The second-order valence-corrected chi connectivity index (χ2v) is 5.82. The van der Waals surface area contributed by atoms with Gasteiger partial charge in [0.2, 0.25) is 0 Å². The predicted octanol–water partition coefficient (Wildman–Crippen LogP) is 0.415. The molecule has 0 atom stereocenters. The minimum Gasteiger partial charge on any atom is -0.469 e. The van der Waals surface area contributed by atoms with Gasteiger partial charge in [-0.15, -0.1) is 0 Å². The minimum absolute atomic E-state index is 0.0271. The first-order valence-corrected chi connectivity index (χ1v) is 8.40. The maximum atomic E-state index is 11.6. The number of rotatable bonds is 8. The Bertz CT molecular complexity index is 368. The molecular formula is C16H32N4O3. The van der Waals surface area contributed by atoms with Crippen molar-refractivity contribution in [3.63, 3.8) is 0 Å². The number of hydrogen-bond acceptors (Lipinski definition) is 5. The molecule has 0 spiro atoms. The van der Waals surface area contributed by atoms with E-state index in [9.17, 15) is 4.79 Å². The van der Waals surface area contributed by atoms with Crippen molar-refractivity contribution in [1.82, 2.24) is 15.1 Å². The minimum atomic E-state index is -0.0913. The van der Waals surface area contributed by atoms with Gasteiger partial charge < -0.3 is 24.6 Å². The van der Waals surface area contributed by atoms with Crippen LogP contribution in [0.25, 0.3) is 0 Å². The number of nitrogens with one attached hydrogen (secondary N) is 1. The number of esters is 1. The van der Waals surface area contributed by atoms with Crippen molar-refractivity contribution in [2.45, 2.75) is 19.8 Å². The van der Waals surface area contributed by atoms with Crippen LogP contribution in [0.15, 0.2) is 4.99 Å². The van der Waals surface area contributed by atoms with E-state index in [0.717, 1.165) is 64.7 Å². The summed E-state index contributed by atoms with van der Waals surface area (Å²) in [6, 6.07) is 0. The first kappa shape index (κ1) is 19.7. The van der Waals surface area contributed by atoms with Crippen LogP contribution in [0.1, 0.15) is 19.8 Å². The summed E-state index contributed by atoms with van der Waals surface area (Å²) in [6.45, 7) is 7.89. The molecule has 1 aliphatic heterocycles. The number of aliphatic imine (C=N–C) groups is 1. The fourth-order valence-electron chi connectivity index (χ4n) is 2.61. The summed E-state index contributed by atoms with van der Waals surface area (Å²) in [5.41, 5.74) is 0. The fourth-order valence-corrected chi connectivity index (χ4v) is 2.61. The fraction of sp³-hybridized carbons (Fsp3) is 0.875. The third-order valence-electron chi connectivity index (χ3n) is 4.08. The normalized spacial score (nSPS) is 16.7. The number of carbonyl (C=O) groups is 1. The van der Waals surface area contributed by atoms with E-state index in [2.05, 4.69) is 29.1 Å². The van der Waals surface area contributed by atoms with Crippen molar-refractivity contribution >= 4 is 11.9 Å². The molecule has 0 amide bonds.